The summed E-state index contributed by atoms with van der Waals surface area (Å²) < 4.78 is 0. The Labute approximate surface area is 466 Å². The summed E-state index contributed by atoms with van der Waals surface area (Å²) in [4.78, 5) is 138. The van der Waals surface area contributed by atoms with Crippen molar-refractivity contribution in [2.24, 2.45) is 34.6 Å². The first kappa shape index (κ1) is 67.1. The zero-order chi connectivity index (χ0) is 59.6. The molecule has 444 valence electrons. The average molecular weight is 1120 g/mol. The summed E-state index contributed by atoms with van der Waals surface area (Å²) in [6.45, 7) is 6.23. The highest BCUT2D eigenvalue weighted by molar-refractivity contribution is 5.99. The number of nitrogens with two attached hydrogens (primary N) is 5. The zero-order valence-electron chi connectivity index (χ0n) is 46.3. The fourth-order valence-electron chi connectivity index (χ4n) is 8.67. The monoisotopic (exact) mass is 1120 g/mol. The van der Waals surface area contributed by atoms with Crippen LogP contribution in [0.15, 0.2) is 54.6 Å². The van der Waals surface area contributed by atoms with Gasteiger partial charge >= 0.3 is 0 Å². The van der Waals surface area contributed by atoms with E-state index in [0.29, 0.717) is 0 Å². The lowest BCUT2D eigenvalue weighted by Crippen LogP contribution is -2.62. The second-order valence-electron chi connectivity index (χ2n) is 20.2. The molecule has 1 aliphatic rings. The fraction of sp³-hybridized carbons (Fsp3) is 0.585. The van der Waals surface area contributed by atoms with Crippen LogP contribution in [-0.2, 0) is 47.9 Å². The first-order valence-corrected chi connectivity index (χ1v) is 27.0. The van der Waals surface area contributed by atoms with Crippen LogP contribution in [0.5, 0.6) is 0 Å². The Kier molecular flexibility index (Phi) is 28.6. The Morgan fingerprint density at radius 3 is 1.62 bits per heavy atom. The minimum atomic E-state index is -1.67. The number of carbonyl (C=O) groups excluding carboxylic acids is 10. The molecule has 0 bridgehead atoms. The second-order valence-corrected chi connectivity index (χ2v) is 20.2. The van der Waals surface area contributed by atoms with Crippen molar-refractivity contribution in [3.05, 3.63) is 60.2 Å². The quantitative estimate of drug-likeness (QED) is 0.0524. The molecule has 1 saturated heterocycles. The van der Waals surface area contributed by atoms with Gasteiger partial charge in [0, 0.05) is 25.4 Å². The lowest BCUT2D eigenvalue weighted by Gasteiger charge is -2.28. The van der Waals surface area contributed by atoms with Crippen LogP contribution in [0, 0.1) is 5.92 Å². The number of carbonyl (C=O) groups is 10. The van der Waals surface area contributed by atoms with Crippen molar-refractivity contribution in [1.29, 1.82) is 0 Å². The Morgan fingerprint density at radius 1 is 0.600 bits per heavy atom. The van der Waals surface area contributed by atoms with Crippen molar-refractivity contribution in [1.82, 2.24) is 53.2 Å². The van der Waals surface area contributed by atoms with Gasteiger partial charge in [-0.3, -0.25) is 47.9 Å². The lowest BCUT2D eigenvalue weighted by atomic mass is 9.92. The van der Waals surface area contributed by atoms with Gasteiger partial charge in [-0.2, -0.15) is 0 Å². The van der Waals surface area contributed by atoms with Crippen LogP contribution in [0.3, 0.4) is 0 Å². The van der Waals surface area contributed by atoms with Gasteiger partial charge in [-0.15, -0.1) is 0 Å². The fourth-order valence-corrected chi connectivity index (χ4v) is 8.67. The third kappa shape index (κ3) is 21.2. The van der Waals surface area contributed by atoms with Gasteiger partial charge in [0.1, 0.15) is 54.4 Å². The van der Waals surface area contributed by atoms with E-state index in [1.807, 2.05) is 54.6 Å². The lowest BCUT2D eigenvalue weighted by molar-refractivity contribution is -0.136. The van der Waals surface area contributed by atoms with E-state index in [1.165, 1.54) is 13.8 Å². The van der Waals surface area contributed by atoms with Gasteiger partial charge in [-0.25, -0.2) is 0 Å². The highest BCUT2D eigenvalue weighted by atomic mass is 16.3. The number of rotatable bonds is 22. The van der Waals surface area contributed by atoms with Gasteiger partial charge in [0.25, 0.3) is 0 Å². The van der Waals surface area contributed by atoms with E-state index in [2.05, 4.69) is 53.2 Å². The van der Waals surface area contributed by atoms with E-state index in [4.69, 9.17) is 28.7 Å². The largest absolute Gasteiger partial charge is 0.391 e. The first-order valence-electron chi connectivity index (χ1n) is 27.0. The Morgan fingerprint density at radius 2 is 1.11 bits per heavy atom. The SMILES string of the molecule is CC[C@@H]1NC(=O)[C@@H](CC(C)C)NC(=O)[C@H](CCN)NC(=O)[C@@H](NC(=O)[C@H](CN)NC(=O)[C@@H](NC(=O)C[C@H](CN)c2cccc(-c3ccccc3)c2)[C@@H](C)O)CCNC(=O)[C@H]([C@@H](C)O)NC(=O)[C@H](CCN)NC(=O)[C@H](CCN)NC1=O. The maximum Gasteiger partial charge on any atom is 0.245 e. The minimum absolute atomic E-state index is 0.0187. The Hall–Kier alpha value is -7.14. The molecule has 0 aliphatic carbocycles. The third-order valence-corrected chi connectivity index (χ3v) is 13.2. The van der Waals surface area contributed by atoms with Crippen molar-refractivity contribution in [2.45, 2.75) is 152 Å². The predicted molar refractivity (Wildman–Crippen MR) is 296 cm³/mol. The smallest absolute Gasteiger partial charge is 0.245 e. The Balaban J connectivity index is 1.97. The summed E-state index contributed by atoms with van der Waals surface area (Å²) >= 11 is 0. The summed E-state index contributed by atoms with van der Waals surface area (Å²) in [6.07, 6.45) is -4.07. The molecule has 3 rings (SSSR count). The number of aliphatic hydroxyl groups is 2. The van der Waals surface area contributed by atoms with E-state index < -0.39 is 151 Å². The van der Waals surface area contributed by atoms with Gasteiger partial charge in [-0.1, -0.05) is 75.4 Å². The van der Waals surface area contributed by atoms with Crippen LogP contribution >= 0.6 is 0 Å². The van der Waals surface area contributed by atoms with Gasteiger partial charge in [-0.05, 0) is 101 Å². The normalized spacial score (nSPS) is 23.2. The van der Waals surface area contributed by atoms with Crippen molar-refractivity contribution in [3.63, 3.8) is 0 Å². The minimum Gasteiger partial charge on any atom is -0.391 e. The van der Waals surface area contributed by atoms with Crippen molar-refractivity contribution >= 4 is 59.1 Å². The molecule has 0 radical (unpaired) electrons. The van der Waals surface area contributed by atoms with E-state index in [-0.39, 0.29) is 70.6 Å². The maximum atomic E-state index is 14.3. The number of aliphatic hydroxyl groups excluding tert-OH is 2. The molecule has 22 N–H and O–H groups in total. The summed E-state index contributed by atoms with van der Waals surface area (Å²) in [5.41, 5.74) is 32.2. The number of nitrogens with one attached hydrogen (secondary N) is 10. The van der Waals surface area contributed by atoms with Gasteiger partial charge in [0.05, 0.1) is 12.2 Å². The Bertz CT molecular complexity index is 2400. The molecule has 0 aromatic heterocycles. The van der Waals surface area contributed by atoms with Crippen LogP contribution in [-0.4, -0.2) is 175 Å². The summed E-state index contributed by atoms with van der Waals surface area (Å²) in [5, 5.41) is 46.6. The maximum absolute atomic E-state index is 14.3. The van der Waals surface area contributed by atoms with Crippen LogP contribution in [0.4, 0.5) is 0 Å². The molecule has 2 aromatic rings. The van der Waals surface area contributed by atoms with E-state index in [0.717, 1.165) is 16.7 Å². The van der Waals surface area contributed by atoms with Crippen LogP contribution < -0.4 is 81.8 Å². The topological polar surface area (TPSA) is 462 Å². The molecule has 12 atom stereocenters. The van der Waals surface area contributed by atoms with Crippen molar-refractivity contribution in [2.75, 3.05) is 39.3 Å². The summed E-state index contributed by atoms with van der Waals surface area (Å²) in [6, 6.07) is 3.81. The average Bonchev–Trinajstić information content (AvgIpc) is 3.42. The van der Waals surface area contributed by atoms with Crippen LogP contribution in [0.1, 0.15) is 91.0 Å². The van der Waals surface area contributed by atoms with Crippen molar-refractivity contribution in [3.8, 4) is 11.1 Å². The molecular formula is C53H85N15O12. The molecule has 1 fully saturated rings. The number of benzene rings is 2. The van der Waals surface area contributed by atoms with Gasteiger partial charge in [0.2, 0.25) is 59.1 Å². The third-order valence-electron chi connectivity index (χ3n) is 13.2. The van der Waals surface area contributed by atoms with E-state index in [1.54, 1.807) is 20.8 Å². The van der Waals surface area contributed by atoms with Crippen LogP contribution in [0.25, 0.3) is 11.1 Å². The van der Waals surface area contributed by atoms with Gasteiger partial charge in [0.15, 0.2) is 0 Å². The molecule has 27 nitrogen and oxygen atoms in total. The zero-order valence-corrected chi connectivity index (χ0v) is 46.3. The molecule has 80 heavy (non-hydrogen) atoms. The molecular weight excluding hydrogens is 1040 g/mol. The highest BCUT2D eigenvalue weighted by Gasteiger charge is 2.37. The summed E-state index contributed by atoms with van der Waals surface area (Å²) in [7, 11) is 0. The molecule has 10 amide bonds. The standard InChI is InChI=1S/C53H85N15O12/c1-6-35-45(72)61-36(15-19-54)46(73)63-38(17-21-56)49(76)68-43(29(4)69)52(79)59-22-18-39(48(75)62-37(16-20-55)47(74)65-40(23-28(2)3)50(77)60-35)64-51(78)41(27-58)66-53(80)44(30(5)70)67-42(71)25-34(26-57)33-14-10-13-32(24-33)31-11-8-7-9-12-31/h7-14,24,28-30,34-41,43-44,69-70H,6,15-23,25-27,54-58H2,1-5H3,(H,59,79)(H,60,77)(H,61,72)(H,62,75)(H,63,73)(H,64,78)(H,65,74)(H,66,80)(H,67,71)(H,68,76)/t29-,30-,34-,35+,36+,37+,38+,39+,40-,41+,43+,44+/m1/s1. The van der Waals surface area contributed by atoms with E-state index in [9.17, 15) is 58.2 Å². The number of hydrogen-bond acceptors (Lipinski definition) is 17. The molecule has 1 heterocycles. The van der Waals surface area contributed by atoms with Crippen LogP contribution in [0.2, 0.25) is 0 Å². The number of amides is 10. The first-order chi connectivity index (χ1) is 38.0. The molecule has 0 unspecified atom stereocenters. The summed E-state index contributed by atoms with van der Waals surface area (Å²) in [5.74, 6) is -9.66. The highest BCUT2D eigenvalue weighted by Crippen LogP contribution is 2.26. The van der Waals surface area contributed by atoms with E-state index >= 15 is 0 Å². The molecule has 27 heteroatoms. The molecule has 0 spiro atoms. The van der Waals surface area contributed by atoms with Gasteiger partial charge < -0.3 is 92.0 Å². The van der Waals surface area contributed by atoms with Crippen molar-refractivity contribution < 1.29 is 58.2 Å². The predicted octanol–water partition coefficient (Wildman–Crippen LogP) is -5.11. The molecule has 1 aliphatic heterocycles. The molecule has 2 aromatic carbocycles. The number of hydrogen-bond donors (Lipinski definition) is 17. The molecule has 0 saturated carbocycles. The second kappa shape index (κ2) is 34.1.